The van der Waals surface area contributed by atoms with E-state index in [0.29, 0.717) is 26.4 Å². The molecule has 0 aromatic heterocycles. The zero-order chi connectivity index (χ0) is 15.2. The van der Waals surface area contributed by atoms with E-state index in [1.807, 2.05) is 18.2 Å². The summed E-state index contributed by atoms with van der Waals surface area (Å²) in [5.41, 5.74) is 1.20. The smallest absolute Gasteiger partial charge is 0.225 e. The molecule has 2 heterocycles. The predicted molar refractivity (Wildman–Crippen MR) is 83.4 cm³/mol. The largest absolute Gasteiger partial charge is 0.375 e. The molecule has 2 saturated heterocycles. The van der Waals surface area contributed by atoms with Gasteiger partial charge in [-0.05, 0) is 18.5 Å². The van der Waals surface area contributed by atoms with Crippen molar-refractivity contribution in [3.8, 4) is 0 Å². The van der Waals surface area contributed by atoms with Gasteiger partial charge in [0, 0.05) is 19.6 Å². The molecule has 2 aliphatic rings. The third-order valence-corrected chi connectivity index (χ3v) is 4.38. The zero-order valence-electron chi connectivity index (χ0n) is 12.9. The summed E-state index contributed by atoms with van der Waals surface area (Å²) in [6.07, 6.45) is 0.903. The summed E-state index contributed by atoms with van der Waals surface area (Å²) in [6, 6.07) is 10.2. The van der Waals surface area contributed by atoms with Crippen LogP contribution >= 0.6 is 0 Å². The second-order valence-electron chi connectivity index (χ2n) is 5.93. The lowest BCUT2D eigenvalue weighted by molar-refractivity contribution is -0.130. The lowest BCUT2D eigenvalue weighted by Crippen LogP contribution is -2.49. The van der Waals surface area contributed by atoms with Crippen LogP contribution in [0.3, 0.4) is 0 Å². The molecule has 2 fully saturated rings. The minimum Gasteiger partial charge on any atom is -0.375 e. The average Bonchev–Trinajstić information content (AvgIpc) is 2.74. The molecular formula is C17H24N2O3. The van der Waals surface area contributed by atoms with E-state index in [1.165, 1.54) is 5.56 Å². The van der Waals surface area contributed by atoms with Gasteiger partial charge in [-0.3, -0.25) is 9.69 Å². The van der Waals surface area contributed by atoms with E-state index in [4.69, 9.17) is 9.47 Å². The van der Waals surface area contributed by atoms with Crippen LogP contribution in [0.2, 0.25) is 0 Å². The number of ether oxygens (including phenoxy) is 2. The summed E-state index contributed by atoms with van der Waals surface area (Å²) in [7, 11) is 0. The minimum atomic E-state index is 0.0176. The van der Waals surface area contributed by atoms with Crippen molar-refractivity contribution in [2.24, 2.45) is 5.92 Å². The zero-order valence-corrected chi connectivity index (χ0v) is 12.9. The highest BCUT2D eigenvalue weighted by Gasteiger charge is 2.35. The van der Waals surface area contributed by atoms with Crippen LogP contribution in [0.5, 0.6) is 0 Å². The number of rotatable bonds is 5. The van der Waals surface area contributed by atoms with Crippen LogP contribution in [0, 0.1) is 5.92 Å². The molecule has 1 aromatic rings. The molecule has 1 aromatic carbocycles. The number of benzene rings is 1. The number of fused-ring (bicyclic) bond motifs is 1. The highest BCUT2D eigenvalue weighted by atomic mass is 16.5. The molecular weight excluding hydrogens is 280 g/mol. The number of amides is 1. The third kappa shape index (κ3) is 4.06. The van der Waals surface area contributed by atoms with Crippen LogP contribution in [0.15, 0.2) is 30.3 Å². The molecule has 0 spiro atoms. The van der Waals surface area contributed by atoms with Gasteiger partial charge in [-0.2, -0.15) is 0 Å². The Morgan fingerprint density at radius 3 is 3.05 bits per heavy atom. The third-order valence-electron chi connectivity index (χ3n) is 4.38. The van der Waals surface area contributed by atoms with E-state index in [2.05, 4.69) is 22.3 Å². The van der Waals surface area contributed by atoms with Gasteiger partial charge in [-0.15, -0.1) is 0 Å². The van der Waals surface area contributed by atoms with Crippen molar-refractivity contribution in [2.45, 2.75) is 19.1 Å². The van der Waals surface area contributed by atoms with Crippen molar-refractivity contribution in [1.82, 2.24) is 10.2 Å². The van der Waals surface area contributed by atoms with Crippen molar-refractivity contribution in [3.63, 3.8) is 0 Å². The first-order valence-corrected chi connectivity index (χ1v) is 8.06. The van der Waals surface area contributed by atoms with Gasteiger partial charge >= 0.3 is 0 Å². The van der Waals surface area contributed by atoms with Gasteiger partial charge in [0.25, 0.3) is 0 Å². The van der Waals surface area contributed by atoms with Gasteiger partial charge in [0.15, 0.2) is 0 Å². The molecule has 1 N–H and O–H groups in total. The Kier molecular flexibility index (Phi) is 5.43. The lowest BCUT2D eigenvalue weighted by atomic mass is 9.93. The van der Waals surface area contributed by atoms with Gasteiger partial charge in [0.1, 0.15) is 0 Å². The van der Waals surface area contributed by atoms with Crippen molar-refractivity contribution in [3.05, 3.63) is 35.9 Å². The molecule has 3 rings (SSSR count). The van der Waals surface area contributed by atoms with E-state index in [0.717, 1.165) is 26.1 Å². The monoisotopic (exact) mass is 304 g/mol. The van der Waals surface area contributed by atoms with E-state index in [1.54, 1.807) is 0 Å². The minimum absolute atomic E-state index is 0.0176. The molecule has 22 heavy (non-hydrogen) atoms. The number of hydrogen-bond donors (Lipinski definition) is 1. The van der Waals surface area contributed by atoms with E-state index in [9.17, 15) is 4.79 Å². The molecule has 5 nitrogen and oxygen atoms in total. The van der Waals surface area contributed by atoms with Gasteiger partial charge in [-0.25, -0.2) is 0 Å². The topological polar surface area (TPSA) is 50.8 Å². The maximum Gasteiger partial charge on any atom is 0.225 e. The highest BCUT2D eigenvalue weighted by molar-refractivity contribution is 5.79. The maximum absolute atomic E-state index is 11.9. The quantitative estimate of drug-likeness (QED) is 0.826. The fourth-order valence-corrected chi connectivity index (χ4v) is 3.13. The number of nitrogens with zero attached hydrogens (tertiary/aromatic N) is 1. The Hall–Kier alpha value is -1.43. The Labute approximate surface area is 131 Å². The summed E-state index contributed by atoms with van der Waals surface area (Å²) in [5, 5.41) is 2.92. The van der Waals surface area contributed by atoms with Crippen LogP contribution in [0.1, 0.15) is 12.0 Å². The second-order valence-corrected chi connectivity index (χ2v) is 5.93. The summed E-state index contributed by atoms with van der Waals surface area (Å²) in [5.74, 6) is 0.173. The Balaban J connectivity index is 1.40. The molecule has 0 radical (unpaired) electrons. The van der Waals surface area contributed by atoms with Crippen LogP contribution in [0.4, 0.5) is 0 Å². The Morgan fingerprint density at radius 2 is 2.18 bits per heavy atom. The van der Waals surface area contributed by atoms with Crippen LogP contribution < -0.4 is 5.32 Å². The standard InChI is InChI=1S/C17H24N2O3/c20-17-15-6-8-19(12-16(15)22-10-7-18-17)9-11-21-13-14-4-2-1-3-5-14/h1-5,15-16H,6-13H2,(H,18,20)/t15-,16+/m0/s1. The van der Waals surface area contributed by atoms with Crippen LogP contribution in [-0.4, -0.2) is 56.3 Å². The molecule has 2 atom stereocenters. The number of hydrogen-bond acceptors (Lipinski definition) is 4. The number of piperidine rings is 1. The normalized spacial score (nSPS) is 26.1. The Bertz CT molecular complexity index is 480. The van der Waals surface area contributed by atoms with E-state index >= 15 is 0 Å². The van der Waals surface area contributed by atoms with Crippen LogP contribution in [0.25, 0.3) is 0 Å². The molecule has 1 amide bonds. The molecule has 0 unspecified atom stereocenters. The number of nitrogens with one attached hydrogen (secondary N) is 1. The SMILES string of the molecule is O=C1NCCO[C@@H]2CN(CCOCc3ccccc3)CC[C@H]12. The van der Waals surface area contributed by atoms with Crippen molar-refractivity contribution in [1.29, 1.82) is 0 Å². The van der Waals surface area contributed by atoms with Crippen molar-refractivity contribution >= 4 is 5.91 Å². The predicted octanol–water partition coefficient (Wildman–Crippen LogP) is 1.04. The fraction of sp³-hybridized carbons (Fsp3) is 0.588. The first-order chi connectivity index (χ1) is 10.8. The van der Waals surface area contributed by atoms with Crippen LogP contribution in [-0.2, 0) is 20.9 Å². The first kappa shape index (κ1) is 15.5. The van der Waals surface area contributed by atoms with Gasteiger partial charge in [0.05, 0.1) is 31.8 Å². The number of likely N-dealkylation sites (tertiary alicyclic amines) is 1. The van der Waals surface area contributed by atoms with Gasteiger partial charge < -0.3 is 14.8 Å². The lowest BCUT2D eigenvalue weighted by Gasteiger charge is -2.36. The Morgan fingerprint density at radius 1 is 1.32 bits per heavy atom. The second kappa shape index (κ2) is 7.72. The van der Waals surface area contributed by atoms with Crippen molar-refractivity contribution < 1.29 is 14.3 Å². The fourth-order valence-electron chi connectivity index (χ4n) is 3.13. The number of carbonyl (C=O) groups is 1. The van der Waals surface area contributed by atoms with Gasteiger partial charge in [-0.1, -0.05) is 30.3 Å². The van der Waals surface area contributed by atoms with E-state index in [-0.39, 0.29) is 17.9 Å². The molecule has 5 heteroatoms. The summed E-state index contributed by atoms with van der Waals surface area (Å²) < 4.78 is 11.6. The number of carbonyl (C=O) groups excluding carboxylic acids is 1. The van der Waals surface area contributed by atoms with Gasteiger partial charge in [0.2, 0.25) is 5.91 Å². The highest BCUT2D eigenvalue weighted by Crippen LogP contribution is 2.22. The molecule has 0 saturated carbocycles. The summed E-state index contributed by atoms with van der Waals surface area (Å²) >= 11 is 0. The molecule has 0 bridgehead atoms. The van der Waals surface area contributed by atoms with Crippen molar-refractivity contribution in [2.75, 3.05) is 39.4 Å². The van der Waals surface area contributed by atoms with E-state index < -0.39 is 0 Å². The average molecular weight is 304 g/mol. The summed E-state index contributed by atoms with van der Waals surface area (Å²) in [6.45, 7) is 5.26. The molecule has 120 valence electrons. The molecule has 0 aliphatic carbocycles. The summed E-state index contributed by atoms with van der Waals surface area (Å²) in [4.78, 5) is 14.3. The first-order valence-electron chi connectivity index (χ1n) is 8.06. The maximum atomic E-state index is 11.9. The molecule has 2 aliphatic heterocycles.